The van der Waals surface area contributed by atoms with Gasteiger partial charge in [-0.3, -0.25) is 0 Å². The Kier molecular flexibility index (Phi) is 4.51. The van der Waals surface area contributed by atoms with Crippen molar-refractivity contribution >= 4 is 29.3 Å². The summed E-state index contributed by atoms with van der Waals surface area (Å²) >= 11 is 3.46. The van der Waals surface area contributed by atoms with Crippen LogP contribution in [-0.2, 0) is 0 Å². The zero-order chi connectivity index (χ0) is 12.1. The number of nitrogens with zero attached hydrogens (tertiary/aromatic N) is 3. The number of nitrogens with one attached hydrogen (secondary N) is 1. The van der Waals surface area contributed by atoms with Crippen molar-refractivity contribution in [3.8, 4) is 6.07 Å². The lowest BCUT2D eigenvalue weighted by molar-refractivity contribution is 0.662. The molecule has 0 amide bonds. The van der Waals surface area contributed by atoms with Crippen molar-refractivity contribution in [2.45, 2.75) is 23.9 Å². The zero-order valence-electron chi connectivity index (χ0n) is 9.64. The summed E-state index contributed by atoms with van der Waals surface area (Å²) in [6, 6.07) is 2.63. The number of anilines is 1. The molecule has 0 unspecified atom stereocenters. The van der Waals surface area contributed by atoms with Crippen LogP contribution in [0.4, 0.5) is 5.82 Å². The summed E-state index contributed by atoms with van der Waals surface area (Å²) < 4.78 is 0. The van der Waals surface area contributed by atoms with E-state index >= 15 is 0 Å². The van der Waals surface area contributed by atoms with Crippen LogP contribution in [0.15, 0.2) is 11.4 Å². The van der Waals surface area contributed by atoms with Gasteiger partial charge in [-0.05, 0) is 30.6 Å². The molecule has 4 nitrogen and oxygen atoms in total. The van der Waals surface area contributed by atoms with Crippen molar-refractivity contribution in [1.29, 1.82) is 5.26 Å². The Balaban J connectivity index is 2.17. The van der Waals surface area contributed by atoms with E-state index in [1.54, 1.807) is 0 Å². The molecule has 6 heteroatoms. The summed E-state index contributed by atoms with van der Waals surface area (Å²) in [4.78, 5) is 8.29. The minimum Gasteiger partial charge on any atom is -0.366 e. The van der Waals surface area contributed by atoms with E-state index in [0.717, 1.165) is 17.9 Å². The minimum atomic E-state index is 0.438. The fraction of sp³-hybridized carbons (Fsp3) is 0.545. The smallest absolute Gasteiger partial charge is 0.148 e. The first-order chi connectivity index (χ1) is 8.35. The van der Waals surface area contributed by atoms with Crippen molar-refractivity contribution in [3.63, 3.8) is 0 Å². The quantitative estimate of drug-likeness (QED) is 0.669. The molecule has 0 radical (unpaired) electrons. The molecule has 2 heterocycles. The first kappa shape index (κ1) is 12.5. The monoisotopic (exact) mass is 266 g/mol. The van der Waals surface area contributed by atoms with E-state index in [2.05, 4.69) is 21.4 Å². The molecule has 1 saturated heterocycles. The second-order valence-corrected chi connectivity index (χ2v) is 5.77. The van der Waals surface area contributed by atoms with Gasteiger partial charge in [0.15, 0.2) is 0 Å². The van der Waals surface area contributed by atoms with Crippen LogP contribution in [0.1, 0.15) is 18.4 Å². The van der Waals surface area contributed by atoms with Crippen molar-refractivity contribution in [3.05, 3.63) is 11.9 Å². The highest BCUT2D eigenvalue weighted by molar-refractivity contribution is 7.99. The van der Waals surface area contributed by atoms with E-state index in [-0.39, 0.29) is 0 Å². The molecule has 1 aromatic heterocycles. The molecule has 0 aliphatic carbocycles. The highest BCUT2D eigenvalue weighted by Gasteiger charge is 2.17. The van der Waals surface area contributed by atoms with Crippen molar-refractivity contribution in [1.82, 2.24) is 9.97 Å². The minimum absolute atomic E-state index is 0.438. The SMILES string of the molecule is CSc1ncnc(NC2CCSCC2)c1C#N. The van der Waals surface area contributed by atoms with E-state index < -0.39 is 0 Å². The lowest BCUT2D eigenvalue weighted by Crippen LogP contribution is -2.25. The van der Waals surface area contributed by atoms with Crippen LogP contribution in [0.2, 0.25) is 0 Å². The third kappa shape index (κ3) is 3.05. The number of hydrogen-bond acceptors (Lipinski definition) is 6. The lowest BCUT2D eigenvalue weighted by atomic mass is 10.1. The first-order valence-corrected chi connectivity index (χ1v) is 7.86. The van der Waals surface area contributed by atoms with Gasteiger partial charge in [-0.25, -0.2) is 9.97 Å². The third-order valence-corrected chi connectivity index (χ3v) is 4.42. The van der Waals surface area contributed by atoms with E-state index in [0.29, 0.717) is 17.4 Å². The van der Waals surface area contributed by atoms with Gasteiger partial charge in [-0.15, -0.1) is 11.8 Å². The number of thioether (sulfide) groups is 2. The second-order valence-electron chi connectivity index (χ2n) is 3.75. The third-order valence-electron chi connectivity index (χ3n) is 2.68. The summed E-state index contributed by atoms with van der Waals surface area (Å²) in [6.45, 7) is 0. The maximum atomic E-state index is 9.17. The maximum absolute atomic E-state index is 9.17. The Morgan fingerprint density at radius 2 is 2.24 bits per heavy atom. The molecule has 17 heavy (non-hydrogen) atoms. The van der Waals surface area contributed by atoms with Gasteiger partial charge in [0, 0.05) is 6.04 Å². The number of rotatable bonds is 3. The van der Waals surface area contributed by atoms with Gasteiger partial charge in [0.25, 0.3) is 0 Å². The second kappa shape index (κ2) is 6.12. The molecule has 2 rings (SSSR count). The topological polar surface area (TPSA) is 61.6 Å². The van der Waals surface area contributed by atoms with Crippen LogP contribution in [0.5, 0.6) is 0 Å². The normalized spacial score (nSPS) is 16.5. The number of aromatic nitrogens is 2. The van der Waals surface area contributed by atoms with Gasteiger partial charge >= 0.3 is 0 Å². The van der Waals surface area contributed by atoms with E-state index in [1.165, 1.54) is 29.6 Å². The van der Waals surface area contributed by atoms with Crippen LogP contribution < -0.4 is 5.32 Å². The predicted octanol–water partition coefficient (Wildman–Crippen LogP) is 2.38. The summed E-state index contributed by atoms with van der Waals surface area (Å²) in [5, 5.41) is 13.3. The fourth-order valence-corrected chi connectivity index (χ4v) is 3.38. The molecule has 0 spiro atoms. The van der Waals surface area contributed by atoms with Gasteiger partial charge in [-0.1, -0.05) is 0 Å². The van der Waals surface area contributed by atoms with Crippen LogP contribution in [0, 0.1) is 11.3 Å². The summed E-state index contributed by atoms with van der Waals surface area (Å²) in [5.74, 6) is 3.05. The molecule has 90 valence electrons. The van der Waals surface area contributed by atoms with Gasteiger partial charge in [-0.2, -0.15) is 17.0 Å². The molecule has 1 N–H and O–H groups in total. The molecule has 1 aromatic rings. The summed E-state index contributed by atoms with van der Waals surface area (Å²) in [6.07, 6.45) is 5.71. The van der Waals surface area contributed by atoms with Crippen LogP contribution >= 0.6 is 23.5 Å². The Labute approximate surface area is 110 Å². The maximum Gasteiger partial charge on any atom is 0.148 e. The van der Waals surface area contributed by atoms with Crippen LogP contribution in [0.3, 0.4) is 0 Å². The average molecular weight is 266 g/mol. The molecular formula is C11H14N4S2. The molecule has 1 fully saturated rings. The van der Waals surface area contributed by atoms with Crippen molar-refractivity contribution in [2.75, 3.05) is 23.1 Å². The van der Waals surface area contributed by atoms with Crippen LogP contribution in [-0.4, -0.2) is 33.8 Å². The molecular weight excluding hydrogens is 252 g/mol. The largest absolute Gasteiger partial charge is 0.366 e. The molecule has 0 atom stereocenters. The van der Waals surface area contributed by atoms with E-state index in [4.69, 9.17) is 0 Å². The Hall–Kier alpha value is -0.930. The van der Waals surface area contributed by atoms with Gasteiger partial charge < -0.3 is 5.32 Å². The number of nitriles is 1. The fourth-order valence-electron chi connectivity index (χ4n) is 1.77. The summed E-state index contributed by atoms with van der Waals surface area (Å²) in [5.41, 5.74) is 0.568. The molecule has 0 saturated carbocycles. The Bertz CT molecular complexity index is 424. The van der Waals surface area contributed by atoms with Crippen molar-refractivity contribution < 1.29 is 0 Å². The van der Waals surface area contributed by atoms with Gasteiger partial charge in [0.1, 0.15) is 28.8 Å². The Morgan fingerprint density at radius 3 is 2.88 bits per heavy atom. The average Bonchev–Trinajstić information content (AvgIpc) is 2.39. The predicted molar refractivity (Wildman–Crippen MR) is 72.5 cm³/mol. The standard InChI is InChI=1S/C11H14N4S2/c1-16-11-9(6-12)10(13-7-14-11)15-8-2-4-17-5-3-8/h7-8H,2-5H2,1H3,(H,13,14,15). The van der Waals surface area contributed by atoms with E-state index in [9.17, 15) is 5.26 Å². The lowest BCUT2D eigenvalue weighted by Gasteiger charge is -2.23. The first-order valence-electron chi connectivity index (χ1n) is 5.48. The Morgan fingerprint density at radius 1 is 1.47 bits per heavy atom. The highest BCUT2D eigenvalue weighted by atomic mass is 32.2. The molecule has 0 bridgehead atoms. The number of hydrogen-bond donors (Lipinski definition) is 1. The highest BCUT2D eigenvalue weighted by Crippen LogP contribution is 2.25. The van der Waals surface area contributed by atoms with E-state index in [1.807, 2.05) is 18.0 Å². The molecule has 1 aliphatic heterocycles. The van der Waals surface area contributed by atoms with Gasteiger partial charge in [0.2, 0.25) is 0 Å². The molecule has 0 aromatic carbocycles. The van der Waals surface area contributed by atoms with Crippen LogP contribution in [0.25, 0.3) is 0 Å². The summed E-state index contributed by atoms with van der Waals surface area (Å²) in [7, 11) is 0. The van der Waals surface area contributed by atoms with Gasteiger partial charge in [0.05, 0.1) is 0 Å². The zero-order valence-corrected chi connectivity index (χ0v) is 11.3. The molecule has 1 aliphatic rings. The van der Waals surface area contributed by atoms with Crippen molar-refractivity contribution in [2.24, 2.45) is 0 Å².